The fraction of sp³-hybridized carbons (Fsp3) is 0.500. The van der Waals surface area contributed by atoms with Crippen LogP contribution in [0.3, 0.4) is 0 Å². The molecule has 1 saturated carbocycles. The summed E-state index contributed by atoms with van der Waals surface area (Å²) in [5, 5.41) is 6.98. The predicted octanol–water partition coefficient (Wildman–Crippen LogP) is 7.75. The van der Waals surface area contributed by atoms with E-state index in [1.54, 1.807) is 0 Å². The lowest BCUT2D eigenvalue weighted by atomic mass is 9.83. The number of aromatic nitrogens is 3. The van der Waals surface area contributed by atoms with E-state index in [9.17, 15) is 13.6 Å². The van der Waals surface area contributed by atoms with Crippen molar-refractivity contribution in [3.63, 3.8) is 0 Å². The molecule has 0 bridgehead atoms. The summed E-state index contributed by atoms with van der Waals surface area (Å²) in [6, 6.07) is 15.3. The Morgan fingerprint density at radius 3 is 2.48 bits per heavy atom. The minimum atomic E-state index is -2.27. The minimum absolute atomic E-state index is 0.0500. The predicted molar refractivity (Wildman–Crippen MR) is 188 cm³/mol. The van der Waals surface area contributed by atoms with Gasteiger partial charge in [0, 0.05) is 53.6 Å². The Kier molecular flexibility index (Phi) is 8.31. The highest BCUT2D eigenvalue weighted by Gasteiger charge is 2.50. The molecule has 8 nitrogen and oxygen atoms in total. The van der Waals surface area contributed by atoms with Gasteiger partial charge in [-0.25, -0.2) is 18.7 Å². The average molecular weight is 656 g/mol. The fourth-order valence-electron chi connectivity index (χ4n) is 7.89. The fourth-order valence-corrected chi connectivity index (χ4v) is 7.89. The smallest absolute Gasteiger partial charge is 0.242 e. The lowest BCUT2D eigenvalue weighted by molar-refractivity contribution is -0.123. The second-order valence-corrected chi connectivity index (χ2v) is 14.9. The van der Waals surface area contributed by atoms with Crippen LogP contribution in [0.5, 0.6) is 0 Å². The summed E-state index contributed by atoms with van der Waals surface area (Å²) in [7, 11) is 1.97. The first-order chi connectivity index (χ1) is 22.9. The lowest BCUT2D eigenvalue weighted by Crippen LogP contribution is -2.55. The van der Waals surface area contributed by atoms with Crippen molar-refractivity contribution in [3.05, 3.63) is 65.5 Å². The van der Waals surface area contributed by atoms with Crippen LogP contribution in [0.15, 0.2) is 48.8 Å². The van der Waals surface area contributed by atoms with E-state index in [2.05, 4.69) is 84.2 Å². The van der Waals surface area contributed by atoms with E-state index in [1.165, 1.54) is 11.1 Å². The van der Waals surface area contributed by atoms with E-state index in [-0.39, 0.29) is 30.1 Å². The number of nitrogens with one attached hydrogen (secondary N) is 2. The topological polar surface area (TPSA) is 78.3 Å². The largest absolute Gasteiger partial charge is 0.338 e. The second-order valence-electron chi connectivity index (χ2n) is 14.9. The zero-order valence-electron chi connectivity index (χ0n) is 29.0. The summed E-state index contributed by atoms with van der Waals surface area (Å²) in [5.74, 6) is 0.280. The molecule has 1 amide bonds. The van der Waals surface area contributed by atoms with Crippen LogP contribution >= 0.6 is 0 Å². The molecule has 48 heavy (non-hydrogen) atoms. The number of aryl methyl sites for hydroxylation is 1. The number of nitrogens with zero attached hydrogens (tertiary/aromatic N) is 5. The normalized spacial score (nSPS) is 22.9. The Labute approximate surface area is 281 Å². The zero-order valence-corrected chi connectivity index (χ0v) is 29.0. The maximum absolute atomic E-state index is 13.9. The van der Waals surface area contributed by atoms with Crippen molar-refractivity contribution in [1.29, 1.82) is 0 Å². The number of benzene rings is 2. The van der Waals surface area contributed by atoms with Gasteiger partial charge in [-0.05, 0) is 115 Å². The molecule has 4 heterocycles. The molecule has 2 fully saturated rings. The highest BCUT2D eigenvalue weighted by Crippen LogP contribution is 2.48. The van der Waals surface area contributed by atoms with Gasteiger partial charge in [0.25, 0.3) is 0 Å². The number of carbonyl (C=O) groups is 1. The maximum atomic E-state index is 13.9. The number of rotatable bonds is 9. The average Bonchev–Trinajstić information content (AvgIpc) is 3.74. The van der Waals surface area contributed by atoms with Gasteiger partial charge in [0.2, 0.25) is 12.3 Å². The summed E-state index contributed by atoms with van der Waals surface area (Å²) in [6.07, 6.45) is 1.76. The van der Waals surface area contributed by atoms with Gasteiger partial charge in [0.15, 0.2) is 5.82 Å². The van der Waals surface area contributed by atoms with Crippen molar-refractivity contribution < 1.29 is 13.6 Å². The highest BCUT2D eigenvalue weighted by molar-refractivity contribution is 6.08. The highest BCUT2D eigenvalue weighted by atomic mass is 19.3. The lowest BCUT2D eigenvalue weighted by Gasteiger charge is -2.46. The molecule has 2 aromatic carbocycles. The molecule has 7 rings (SSSR count). The third-order valence-electron chi connectivity index (χ3n) is 11.1. The molecule has 1 aliphatic carbocycles. The van der Waals surface area contributed by atoms with E-state index < -0.39 is 17.8 Å². The van der Waals surface area contributed by atoms with Gasteiger partial charge in [-0.15, -0.1) is 0 Å². The number of carbonyl (C=O) groups excluding carboxylic acids is 1. The van der Waals surface area contributed by atoms with E-state index >= 15 is 0 Å². The van der Waals surface area contributed by atoms with Gasteiger partial charge in [-0.3, -0.25) is 9.69 Å². The van der Waals surface area contributed by atoms with Crippen LogP contribution in [0.2, 0.25) is 0 Å². The molecular formula is C38H47F2N7O. The van der Waals surface area contributed by atoms with E-state index in [0.29, 0.717) is 19.5 Å². The molecule has 2 unspecified atom stereocenters. The van der Waals surface area contributed by atoms with Crippen LogP contribution in [0.25, 0.3) is 22.3 Å². The molecule has 10 heteroatoms. The first-order valence-electron chi connectivity index (χ1n) is 17.3. The van der Waals surface area contributed by atoms with Gasteiger partial charge in [0.1, 0.15) is 5.52 Å². The number of anilines is 3. The number of imidazole rings is 1. The third-order valence-corrected chi connectivity index (χ3v) is 11.1. The molecule has 3 aliphatic rings. The summed E-state index contributed by atoms with van der Waals surface area (Å²) in [5.41, 5.74) is 8.13. The second kappa shape index (κ2) is 12.2. The minimum Gasteiger partial charge on any atom is -0.338 e. The van der Waals surface area contributed by atoms with Gasteiger partial charge >= 0.3 is 0 Å². The van der Waals surface area contributed by atoms with Gasteiger partial charge in [0.05, 0.1) is 23.0 Å². The Hall–Kier alpha value is -3.89. The Morgan fingerprint density at radius 1 is 1.02 bits per heavy atom. The molecule has 0 radical (unpaired) electrons. The molecule has 2 atom stereocenters. The van der Waals surface area contributed by atoms with Crippen molar-refractivity contribution in [2.24, 2.45) is 5.92 Å². The number of hydrogen-bond donors (Lipinski definition) is 2. The summed E-state index contributed by atoms with van der Waals surface area (Å²) >= 11 is 0. The first-order valence-corrected chi connectivity index (χ1v) is 17.3. The number of alkyl halides is 2. The quantitative estimate of drug-likeness (QED) is 0.192. The molecule has 2 aromatic heterocycles. The van der Waals surface area contributed by atoms with Gasteiger partial charge < -0.3 is 20.1 Å². The Bertz CT molecular complexity index is 1860. The third kappa shape index (κ3) is 5.47. The van der Waals surface area contributed by atoms with Crippen LogP contribution in [-0.2, 0) is 10.2 Å². The van der Waals surface area contributed by atoms with Crippen LogP contribution in [0.4, 0.5) is 26.0 Å². The zero-order chi connectivity index (χ0) is 34.1. The number of halogens is 2. The standard InChI is InChI=1S/C38H47F2N7O/c1-21(2)46-20-42-32-18-31(44-36(34(32)46)43-26-10-8-22(3)29(15-26)23(4)41-7)24-9-11-30-33(14-24)47(37(48)38(30,5)6)28-16-27(17-28)45-13-12-25(19-45)35(39)40/h8-11,14-15,18,20-21,23,25,27-28,35,41H,12-13,16-17,19H2,1-7H3,(H,43,44). The SMILES string of the molecule is CNC(C)c1cc(Nc2nc(-c3ccc4c(c3)N(C3CC(N5CCC(C(F)F)C5)C3)C(=O)C4(C)C)cc3ncn(C(C)C)c23)ccc1C. The monoisotopic (exact) mass is 655 g/mol. The number of amides is 1. The van der Waals surface area contributed by atoms with E-state index in [1.807, 2.05) is 38.2 Å². The van der Waals surface area contributed by atoms with Crippen molar-refractivity contribution in [3.8, 4) is 11.3 Å². The number of hydrogen-bond acceptors (Lipinski definition) is 6. The van der Waals surface area contributed by atoms with E-state index in [0.717, 1.165) is 57.9 Å². The molecule has 2 N–H and O–H groups in total. The molecule has 1 saturated heterocycles. The number of fused-ring (bicyclic) bond motifs is 2. The van der Waals surface area contributed by atoms with Crippen LogP contribution in [0, 0.1) is 12.8 Å². The first kappa shape index (κ1) is 32.6. The van der Waals surface area contributed by atoms with E-state index in [4.69, 9.17) is 9.97 Å². The van der Waals surface area contributed by atoms with Crippen LogP contribution in [0.1, 0.15) is 82.7 Å². The molecule has 254 valence electrons. The Balaban J connectivity index is 1.23. The van der Waals surface area contributed by atoms with Crippen LogP contribution < -0.4 is 15.5 Å². The summed E-state index contributed by atoms with van der Waals surface area (Å²) in [6.45, 7) is 13.7. The number of likely N-dealkylation sites (tertiary alicyclic amines) is 1. The number of pyridine rings is 1. The summed E-state index contributed by atoms with van der Waals surface area (Å²) < 4.78 is 28.8. The molecule has 4 aromatic rings. The van der Waals surface area contributed by atoms with Crippen molar-refractivity contribution >= 4 is 34.1 Å². The van der Waals surface area contributed by atoms with Crippen molar-refractivity contribution in [1.82, 2.24) is 24.8 Å². The summed E-state index contributed by atoms with van der Waals surface area (Å²) in [4.78, 5) is 28.1. The van der Waals surface area contributed by atoms with Gasteiger partial charge in [-0.1, -0.05) is 18.2 Å². The maximum Gasteiger partial charge on any atom is 0.242 e. The molecular weight excluding hydrogens is 608 g/mol. The molecule has 0 spiro atoms. The Morgan fingerprint density at radius 2 is 1.79 bits per heavy atom. The van der Waals surface area contributed by atoms with Crippen molar-refractivity contribution in [2.45, 2.75) is 96.8 Å². The van der Waals surface area contributed by atoms with Gasteiger partial charge in [-0.2, -0.15) is 0 Å². The van der Waals surface area contributed by atoms with Crippen molar-refractivity contribution in [2.75, 3.05) is 30.4 Å². The molecule has 2 aliphatic heterocycles. The van der Waals surface area contributed by atoms with Crippen LogP contribution in [-0.4, -0.2) is 64.0 Å².